The lowest BCUT2D eigenvalue weighted by atomic mass is 9.97. The van der Waals surface area contributed by atoms with Crippen molar-refractivity contribution in [3.63, 3.8) is 0 Å². The number of carbonyl (C=O) groups excluding carboxylic acids is 2. The summed E-state index contributed by atoms with van der Waals surface area (Å²) in [6, 6.07) is 18.8. The SMILES string of the molecule is CCCc1cc2nccc(Oc3ccc(NC(=O)C4(C(=O)Nc5ccc(F)cc5)CC4)cc3)c2cc1CCC. The molecule has 0 bridgehead atoms. The Kier molecular flexibility index (Phi) is 7.59. The van der Waals surface area contributed by atoms with E-state index in [1.165, 1.54) is 35.4 Å². The van der Waals surface area contributed by atoms with E-state index >= 15 is 0 Å². The fourth-order valence-corrected chi connectivity index (χ4v) is 4.80. The molecular formula is C32H32FN3O3. The van der Waals surface area contributed by atoms with Crippen molar-refractivity contribution in [2.24, 2.45) is 5.41 Å². The van der Waals surface area contributed by atoms with Crippen molar-refractivity contribution >= 4 is 34.1 Å². The van der Waals surface area contributed by atoms with Crippen LogP contribution in [0.25, 0.3) is 10.9 Å². The molecule has 6 nitrogen and oxygen atoms in total. The summed E-state index contributed by atoms with van der Waals surface area (Å²) in [6.07, 6.45) is 6.87. The number of aromatic nitrogens is 1. The van der Waals surface area contributed by atoms with Crippen molar-refractivity contribution in [2.45, 2.75) is 52.4 Å². The summed E-state index contributed by atoms with van der Waals surface area (Å²) in [7, 11) is 0. The lowest BCUT2D eigenvalue weighted by Gasteiger charge is -2.16. The number of halogens is 1. The smallest absolute Gasteiger partial charge is 0.240 e. The minimum absolute atomic E-state index is 0.359. The molecule has 1 heterocycles. The number of pyridine rings is 1. The summed E-state index contributed by atoms with van der Waals surface area (Å²) in [5.41, 5.74) is 3.49. The quantitative estimate of drug-likeness (QED) is 0.211. The topological polar surface area (TPSA) is 80.3 Å². The first-order valence-corrected chi connectivity index (χ1v) is 13.5. The van der Waals surface area contributed by atoms with Gasteiger partial charge in [0, 0.05) is 23.0 Å². The monoisotopic (exact) mass is 525 g/mol. The molecule has 0 atom stereocenters. The second-order valence-electron chi connectivity index (χ2n) is 10.1. The Morgan fingerprint density at radius 3 is 1.97 bits per heavy atom. The average molecular weight is 526 g/mol. The molecule has 7 heteroatoms. The lowest BCUT2D eigenvalue weighted by molar-refractivity contribution is -0.131. The Hall–Kier alpha value is -4.26. The van der Waals surface area contributed by atoms with Crippen LogP contribution in [0.3, 0.4) is 0 Å². The third-order valence-electron chi connectivity index (χ3n) is 7.12. The van der Waals surface area contributed by atoms with E-state index < -0.39 is 11.2 Å². The van der Waals surface area contributed by atoms with Gasteiger partial charge in [-0.25, -0.2) is 4.39 Å². The molecule has 0 aliphatic heterocycles. The first kappa shape index (κ1) is 26.4. The van der Waals surface area contributed by atoms with Gasteiger partial charge >= 0.3 is 0 Å². The zero-order valence-corrected chi connectivity index (χ0v) is 22.2. The van der Waals surface area contributed by atoms with Gasteiger partial charge in [0.15, 0.2) is 0 Å². The number of ether oxygens (including phenoxy) is 1. The van der Waals surface area contributed by atoms with Crippen LogP contribution in [0.2, 0.25) is 0 Å². The number of aryl methyl sites for hydroxylation is 2. The first-order valence-electron chi connectivity index (χ1n) is 13.5. The van der Waals surface area contributed by atoms with Crippen molar-refractivity contribution in [1.29, 1.82) is 0 Å². The number of carbonyl (C=O) groups is 2. The number of hydrogen-bond donors (Lipinski definition) is 2. The molecule has 0 unspecified atom stereocenters. The van der Waals surface area contributed by atoms with E-state index in [2.05, 4.69) is 41.6 Å². The Labute approximate surface area is 227 Å². The van der Waals surface area contributed by atoms with Crippen LogP contribution in [-0.4, -0.2) is 16.8 Å². The second-order valence-corrected chi connectivity index (χ2v) is 10.1. The molecule has 0 spiro atoms. The van der Waals surface area contributed by atoms with E-state index in [-0.39, 0.29) is 11.8 Å². The van der Waals surface area contributed by atoms with Crippen LogP contribution in [0.4, 0.5) is 15.8 Å². The molecule has 2 N–H and O–H groups in total. The van der Waals surface area contributed by atoms with Gasteiger partial charge in [-0.15, -0.1) is 0 Å². The van der Waals surface area contributed by atoms with E-state index in [0.29, 0.717) is 30.0 Å². The van der Waals surface area contributed by atoms with E-state index in [4.69, 9.17) is 4.74 Å². The summed E-state index contributed by atoms with van der Waals surface area (Å²) in [5, 5.41) is 6.55. The van der Waals surface area contributed by atoms with Crippen LogP contribution in [0, 0.1) is 11.2 Å². The minimum atomic E-state index is -1.12. The van der Waals surface area contributed by atoms with Crippen LogP contribution in [0.1, 0.15) is 50.7 Å². The molecule has 39 heavy (non-hydrogen) atoms. The number of amides is 2. The molecule has 200 valence electrons. The summed E-state index contributed by atoms with van der Waals surface area (Å²) >= 11 is 0. The summed E-state index contributed by atoms with van der Waals surface area (Å²) < 4.78 is 19.4. The van der Waals surface area contributed by atoms with Gasteiger partial charge in [0.05, 0.1) is 5.52 Å². The molecule has 2 amide bonds. The molecule has 1 aliphatic rings. The van der Waals surface area contributed by atoms with Gasteiger partial charge in [0.1, 0.15) is 22.7 Å². The van der Waals surface area contributed by atoms with Gasteiger partial charge in [-0.2, -0.15) is 0 Å². The summed E-state index contributed by atoms with van der Waals surface area (Å²) in [6.45, 7) is 4.37. The van der Waals surface area contributed by atoms with Crippen LogP contribution in [-0.2, 0) is 22.4 Å². The molecular weight excluding hydrogens is 493 g/mol. The largest absolute Gasteiger partial charge is 0.457 e. The van der Waals surface area contributed by atoms with Gasteiger partial charge in [0.25, 0.3) is 0 Å². The predicted octanol–water partition coefficient (Wildman–Crippen LogP) is 7.43. The fraction of sp³-hybridized carbons (Fsp3) is 0.281. The Bertz CT molecular complexity index is 1500. The molecule has 4 aromatic rings. The predicted molar refractivity (Wildman–Crippen MR) is 152 cm³/mol. The van der Waals surface area contributed by atoms with E-state index in [0.717, 1.165) is 42.3 Å². The van der Waals surface area contributed by atoms with Crippen molar-refractivity contribution in [3.8, 4) is 11.5 Å². The van der Waals surface area contributed by atoms with Gasteiger partial charge in [-0.1, -0.05) is 26.7 Å². The highest BCUT2D eigenvalue weighted by Crippen LogP contribution is 2.47. The maximum absolute atomic E-state index is 13.2. The third-order valence-corrected chi connectivity index (χ3v) is 7.12. The van der Waals surface area contributed by atoms with E-state index in [1.54, 1.807) is 30.5 Å². The number of rotatable bonds is 10. The van der Waals surface area contributed by atoms with Gasteiger partial charge in [0.2, 0.25) is 11.8 Å². The molecule has 1 aliphatic carbocycles. The van der Waals surface area contributed by atoms with Crippen molar-refractivity contribution in [3.05, 3.63) is 89.9 Å². The summed E-state index contributed by atoms with van der Waals surface area (Å²) in [5.74, 6) is 0.221. The Morgan fingerprint density at radius 1 is 0.846 bits per heavy atom. The van der Waals surface area contributed by atoms with Crippen LogP contribution >= 0.6 is 0 Å². The average Bonchev–Trinajstić information content (AvgIpc) is 3.75. The second kappa shape index (κ2) is 11.2. The van der Waals surface area contributed by atoms with Crippen molar-refractivity contribution < 1.29 is 18.7 Å². The highest BCUT2D eigenvalue weighted by atomic mass is 19.1. The van der Waals surface area contributed by atoms with Gasteiger partial charge in [-0.05, 0) is 104 Å². The lowest BCUT2D eigenvalue weighted by Crippen LogP contribution is -2.35. The molecule has 5 rings (SSSR count). The maximum Gasteiger partial charge on any atom is 0.240 e. The number of fused-ring (bicyclic) bond motifs is 1. The molecule has 1 aromatic heterocycles. The normalized spacial score (nSPS) is 13.6. The van der Waals surface area contributed by atoms with Gasteiger partial charge in [-0.3, -0.25) is 14.6 Å². The Balaban J connectivity index is 1.27. The van der Waals surface area contributed by atoms with Crippen molar-refractivity contribution in [1.82, 2.24) is 4.98 Å². The third kappa shape index (κ3) is 5.77. The highest BCUT2D eigenvalue weighted by Gasteiger charge is 2.56. The van der Waals surface area contributed by atoms with Gasteiger partial charge < -0.3 is 15.4 Å². The number of hydrogen-bond acceptors (Lipinski definition) is 4. The molecule has 1 fully saturated rings. The van der Waals surface area contributed by atoms with E-state index in [1.807, 2.05) is 6.07 Å². The van der Waals surface area contributed by atoms with Crippen LogP contribution in [0.15, 0.2) is 72.9 Å². The number of anilines is 2. The van der Waals surface area contributed by atoms with Crippen LogP contribution < -0.4 is 15.4 Å². The maximum atomic E-state index is 13.2. The molecule has 0 saturated heterocycles. The zero-order chi connectivity index (χ0) is 27.4. The standard InChI is InChI=1S/C32H32FN3O3/c1-3-5-21-19-27-28(20-22(21)6-4-2)34-18-15-29(27)39-26-13-11-25(12-14-26)36-31(38)32(16-17-32)30(37)35-24-9-7-23(33)8-10-24/h7-15,18-20H,3-6,16-17H2,1-2H3,(H,35,37)(H,36,38). The molecule has 3 aromatic carbocycles. The number of nitrogens with one attached hydrogen (secondary N) is 2. The number of nitrogens with zero attached hydrogens (tertiary/aromatic N) is 1. The van der Waals surface area contributed by atoms with E-state index in [9.17, 15) is 14.0 Å². The number of benzene rings is 3. The summed E-state index contributed by atoms with van der Waals surface area (Å²) in [4.78, 5) is 30.4. The minimum Gasteiger partial charge on any atom is -0.457 e. The van der Waals surface area contributed by atoms with Crippen LogP contribution in [0.5, 0.6) is 11.5 Å². The fourth-order valence-electron chi connectivity index (χ4n) is 4.80. The molecule has 1 saturated carbocycles. The first-order chi connectivity index (χ1) is 18.9. The molecule has 0 radical (unpaired) electrons. The van der Waals surface area contributed by atoms with Crippen molar-refractivity contribution in [2.75, 3.05) is 10.6 Å². The highest BCUT2D eigenvalue weighted by molar-refractivity contribution is 6.16. The Morgan fingerprint density at radius 2 is 1.41 bits per heavy atom. The zero-order valence-electron chi connectivity index (χ0n) is 22.2.